The number of benzene rings is 2. The number of fused-ring (bicyclic) bond motifs is 2. The molecule has 5 rings (SSSR count). The van der Waals surface area contributed by atoms with Crippen molar-refractivity contribution in [3.63, 3.8) is 0 Å². The van der Waals surface area contributed by atoms with Crippen molar-refractivity contribution >= 4 is 17.5 Å². The molecule has 1 N–H and O–H groups in total. The van der Waals surface area contributed by atoms with E-state index in [4.69, 9.17) is 16.3 Å². The first kappa shape index (κ1) is 24.7. The molecule has 1 aromatic heterocycles. The molecular weight excluding hydrogens is 478 g/mol. The van der Waals surface area contributed by atoms with E-state index in [9.17, 15) is 9.59 Å². The zero-order valence-electron chi connectivity index (χ0n) is 20.7. The monoisotopic (exact) mass is 509 g/mol. The zero-order chi connectivity index (χ0) is 25.2. The predicted molar refractivity (Wildman–Crippen MR) is 139 cm³/mol. The summed E-state index contributed by atoms with van der Waals surface area (Å²) < 4.78 is 8.50. The summed E-state index contributed by atoms with van der Waals surface area (Å²) in [5.41, 5.74) is 2.09. The maximum Gasteiger partial charge on any atom is 0.355 e. The second-order valence-electron chi connectivity index (χ2n) is 9.90. The molecule has 36 heavy (non-hydrogen) atoms. The molecule has 2 aromatic carbocycles. The molecule has 2 atom stereocenters. The number of nitrogens with one attached hydrogen (secondary N) is 1. The molecule has 0 saturated carbocycles. The topological polar surface area (TPSA) is 81.4 Å². The van der Waals surface area contributed by atoms with Crippen LogP contribution in [0.15, 0.2) is 53.3 Å². The van der Waals surface area contributed by atoms with E-state index in [1.54, 1.807) is 24.3 Å². The van der Waals surface area contributed by atoms with Crippen LogP contribution in [0.1, 0.15) is 38.1 Å². The number of halogens is 1. The smallest absolute Gasteiger partial charge is 0.355 e. The Morgan fingerprint density at radius 2 is 1.83 bits per heavy atom. The highest BCUT2D eigenvalue weighted by Gasteiger charge is 2.36. The number of nitrogens with zero attached hydrogens (tertiary/aromatic N) is 4. The van der Waals surface area contributed by atoms with Gasteiger partial charge in [-0.3, -0.25) is 9.69 Å². The highest BCUT2D eigenvalue weighted by molar-refractivity contribution is 6.30. The Labute approximate surface area is 215 Å². The van der Waals surface area contributed by atoms with Gasteiger partial charge >= 0.3 is 5.69 Å². The van der Waals surface area contributed by atoms with Crippen LogP contribution in [0.5, 0.6) is 0 Å². The van der Waals surface area contributed by atoms with Gasteiger partial charge in [-0.05, 0) is 69.0 Å². The highest BCUT2D eigenvalue weighted by atomic mass is 35.5. The average Bonchev–Trinajstić information content (AvgIpc) is 3.27. The van der Waals surface area contributed by atoms with Crippen molar-refractivity contribution in [2.24, 2.45) is 0 Å². The summed E-state index contributed by atoms with van der Waals surface area (Å²) in [5, 5.41) is 7.92. The van der Waals surface area contributed by atoms with E-state index >= 15 is 0 Å². The SMILES string of the molecule is CC(C)NC(=O)Cc1nn(-c2ccc(CCN3C4CCC3COC4)cc2)c(=O)n1-c1cccc(Cl)c1. The van der Waals surface area contributed by atoms with Gasteiger partial charge in [0.2, 0.25) is 5.91 Å². The fraction of sp³-hybridized carbons (Fsp3) is 0.444. The van der Waals surface area contributed by atoms with Gasteiger partial charge in [0, 0.05) is 29.7 Å². The minimum absolute atomic E-state index is 0.00821. The molecule has 190 valence electrons. The molecule has 2 fully saturated rings. The van der Waals surface area contributed by atoms with Crippen LogP contribution in [-0.2, 0) is 22.4 Å². The van der Waals surface area contributed by atoms with Gasteiger partial charge in [-0.1, -0.05) is 29.8 Å². The van der Waals surface area contributed by atoms with Crippen LogP contribution < -0.4 is 11.0 Å². The second kappa shape index (κ2) is 10.6. The third kappa shape index (κ3) is 5.26. The van der Waals surface area contributed by atoms with E-state index < -0.39 is 0 Å². The van der Waals surface area contributed by atoms with Crippen LogP contribution in [0.3, 0.4) is 0 Å². The van der Waals surface area contributed by atoms with Gasteiger partial charge in [-0.2, -0.15) is 4.68 Å². The Morgan fingerprint density at radius 1 is 1.11 bits per heavy atom. The number of morpholine rings is 1. The molecule has 9 heteroatoms. The quantitative estimate of drug-likeness (QED) is 0.504. The van der Waals surface area contributed by atoms with Gasteiger partial charge in [-0.25, -0.2) is 9.36 Å². The number of hydrogen-bond donors (Lipinski definition) is 1. The normalized spacial score (nSPS) is 19.7. The molecule has 0 aliphatic carbocycles. The molecule has 1 amide bonds. The van der Waals surface area contributed by atoms with E-state index in [-0.39, 0.29) is 24.1 Å². The number of carbonyl (C=O) groups excluding carboxylic acids is 1. The largest absolute Gasteiger partial charge is 0.378 e. The summed E-state index contributed by atoms with van der Waals surface area (Å²) >= 11 is 6.19. The molecule has 8 nitrogen and oxygen atoms in total. The fourth-order valence-corrected chi connectivity index (χ4v) is 5.41. The van der Waals surface area contributed by atoms with E-state index in [1.807, 2.05) is 38.1 Å². The first-order chi connectivity index (χ1) is 17.4. The van der Waals surface area contributed by atoms with E-state index in [0.717, 1.165) is 26.2 Å². The first-order valence-corrected chi connectivity index (χ1v) is 13.0. The third-order valence-corrected chi connectivity index (χ3v) is 7.15. The lowest BCUT2D eigenvalue weighted by Crippen LogP contribution is -2.46. The lowest BCUT2D eigenvalue weighted by molar-refractivity contribution is -0.121. The van der Waals surface area contributed by atoms with E-state index in [1.165, 1.54) is 27.7 Å². The van der Waals surface area contributed by atoms with E-state index in [2.05, 4.69) is 15.3 Å². The molecule has 2 bridgehead atoms. The lowest BCUT2D eigenvalue weighted by Gasteiger charge is -2.34. The number of ether oxygens (including phenoxy) is 1. The number of hydrogen-bond acceptors (Lipinski definition) is 5. The van der Waals surface area contributed by atoms with Gasteiger partial charge in [0.1, 0.15) is 5.82 Å². The van der Waals surface area contributed by atoms with Gasteiger partial charge in [0.25, 0.3) is 0 Å². The molecule has 2 unspecified atom stereocenters. The number of rotatable bonds is 8. The Hall–Kier alpha value is -2.94. The molecule has 3 heterocycles. The maximum absolute atomic E-state index is 13.5. The Bertz CT molecular complexity index is 1270. The first-order valence-electron chi connectivity index (χ1n) is 12.6. The summed E-state index contributed by atoms with van der Waals surface area (Å²) in [6, 6.07) is 16.0. The molecule has 2 aliphatic heterocycles. The Kier molecular flexibility index (Phi) is 7.27. The van der Waals surface area contributed by atoms with Crippen LogP contribution in [0.2, 0.25) is 5.02 Å². The summed E-state index contributed by atoms with van der Waals surface area (Å²) in [6.07, 6.45) is 3.37. The Balaban J connectivity index is 1.39. The van der Waals surface area contributed by atoms with Crippen molar-refractivity contribution < 1.29 is 9.53 Å². The summed E-state index contributed by atoms with van der Waals surface area (Å²) in [7, 11) is 0. The standard InChI is InChI=1S/C27H32ClN5O3/c1-18(2)29-26(34)15-25-30-33(27(35)32(25)22-5-3-4-20(28)14-22)21-8-6-19(7-9-21)12-13-31-23-10-11-24(31)17-36-16-23/h3-9,14,18,23-24H,10-13,15-17H2,1-2H3,(H,29,34). The van der Waals surface area contributed by atoms with Crippen LogP contribution in [0, 0.1) is 0 Å². The van der Waals surface area contributed by atoms with Gasteiger partial charge in [0.05, 0.1) is 31.0 Å². The minimum atomic E-state index is -0.345. The molecular formula is C27H32ClN5O3. The number of amides is 1. The third-order valence-electron chi connectivity index (χ3n) is 6.91. The van der Waals surface area contributed by atoms with Crippen molar-refractivity contribution in [1.29, 1.82) is 0 Å². The van der Waals surface area contributed by atoms with Crippen LogP contribution in [0.25, 0.3) is 11.4 Å². The van der Waals surface area contributed by atoms with Crippen LogP contribution in [0.4, 0.5) is 0 Å². The number of aromatic nitrogens is 3. The van der Waals surface area contributed by atoms with Gasteiger partial charge in [-0.15, -0.1) is 5.10 Å². The zero-order valence-corrected chi connectivity index (χ0v) is 21.4. The Morgan fingerprint density at radius 3 is 2.50 bits per heavy atom. The summed E-state index contributed by atoms with van der Waals surface area (Å²) in [6.45, 7) is 6.48. The molecule has 2 aliphatic rings. The minimum Gasteiger partial charge on any atom is -0.378 e. The average molecular weight is 510 g/mol. The van der Waals surface area contributed by atoms with Crippen molar-refractivity contribution in [1.82, 2.24) is 24.6 Å². The van der Waals surface area contributed by atoms with Crippen LogP contribution in [-0.4, -0.2) is 63.0 Å². The fourth-order valence-electron chi connectivity index (χ4n) is 5.22. The lowest BCUT2D eigenvalue weighted by atomic mass is 10.1. The maximum atomic E-state index is 13.5. The molecule has 0 spiro atoms. The molecule has 0 radical (unpaired) electrons. The van der Waals surface area contributed by atoms with E-state index in [0.29, 0.717) is 34.3 Å². The summed E-state index contributed by atoms with van der Waals surface area (Å²) in [5.74, 6) is 0.158. The van der Waals surface area contributed by atoms with Gasteiger partial charge < -0.3 is 10.1 Å². The van der Waals surface area contributed by atoms with Crippen molar-refractivity contribution in [2.75, 3.05) is 19.8 Å². The van der Waals surface area contributed by atoms with Crippen molar-refractivity contribution in [2.45, 2.75) is 57.7 Å². The molecule has 2 saturated heterocycles. The predicted octanol–water partition coefficient (Wildman–Crippen LogP) is 3.15. The van der Waals surface area contributed by atoms with Crippen LogP contribution >= 0.6 is 11.6 Å². The molecule has 3 aromatic rings. The highest BCUT2D eigenvalue weighted by Crippen LogP contribution is 2.28. The second-order valence-corrected chi connectivity index (χ2v) is 10.3. The number of carbonyl (C=O) groups is 1. The van der Waals surface area contributed by atoms with Crippen molar-refractivity contribution in [3.05, 3.63) is 75.4 Å². The van der Waals surface area contributed by atoms with Gasteiger partial charge in [0.15, 0.2) is 0 Å². The summed E-state index contributed by atoms with van der Waals surface area (Å²) in [4.78, 5) is 28.6. The van der Waals surface area contributed by atoms with Crippen molar-refractivity contribution in [3.8, 4) is 11.4 Å².